The lowest BCUT2D eigenvalue weighted by Gasteiger charge is -2.45. The molecule has 7 heteroatoms. The highest BCUT2D eigenvalue weighted by Gasteiger charge is 2.40. The quantitative estimate of drug-likeness (QED) is 0.918. The number of hydrogen-bond donors (Lipinski definition) is 1. The molecule has 2 fully saturated rings. The summed E-state index contributed by atoms with van der Waals surface area (Å²) in [7, 11) is 0. The first-order valence-electron chi connectivity index (χ1n) is 8.37. The van der Waals surface area contributed by atoms with Crippen molar-refractivity contribution in [2.45, 2.75) is 31.5 Å². The second kappa shape index (κ2) is 6.78. The van der Waals surface area contributed by atoms with Gasteiger partial charge in [-0.25, -0.2) is 0 Å². The number of carbonyl (C=O) groups excluding carboxylic acids is 1. The number of likely N-dealkylation sites (tertiary alicyclic amines) is 1. The fourth-order valence-electron chi connectivity index (χ4n) is 3.75. The number of rotatable bonds is 4. The molecule has 7 nitrogen and oxygen atoms in total. The number of aromatic nitrogens is 1. The fourth-order valence-corrected chi connectivity index (χ4v) is 3.75. The molecule has 2 aliphatic rings. The zero-order valence-electron chi connectivity index (χ0n) is 13.4. The average Bonchev–Trinajstić information content (AvgIpc) is 3.28. The minimum atomic E-state index is -0.245. The molecular formula is C17H21N3O4. The number of nitrogens with zero attached hydrogens (tertiary/aromatic N) is 2. The Balaban J connectivity index is 1.47. The van der Waals surface area contributed by atoms with Crippen molar-refractivity contribution in [1.82, 2.24) is 15.4 Å². The molecule has 0 spiro atoms. The van der Waals surface area contributed by atoms with Crippen LogP contribution in [0.5, 0.6) is 0 Å². The Morgan fingerprint density at radius 3 is 3.12 bits per heavy atom. The maximum atomic E-state index is 12.3. The summed E-state index contributed by atoms with van der Waals surface area (Å²) >= 11 is 0. The zero-order valence-corrected chi connectivity index (χ0v) is 13.4. The van der Waals surface area contributed by atoms with E-state index in [0.717, 1.165) is 44.8 Å². The van der Waals surface area contributed by atoms with E-state index in [1.807, 2.05) is 12.1 Å². The van der Waals surface area contributed by atoms with Crippen molar-refractivity contribution in [3.63, 3.8) is 0 Å². The monoisotopic (exact) mass is 331 g/mol. The lowest BCUT2D eigenvalue weighted by Crippen LogP contribution is -2.60. The van der Waals surface area contributed by atoms with Gasteiger partial charge in [0.2, 0.25) is 5.76 Å². The molecule has 0 saturated carbocycles. The van der Waals surface area contributed by atoms with Crippen LogP contribution in [-0.2, 0) is 11.3 Å². The Bertz CT molecular complexity index is 655. The van der Waals surface area contributed by atoms with E-state index >= 15 is 0 Å². The maximum absolute atomic E-state index is 12.3. The number of hydrogen-bond acceptors (Lipinski definition) is 6. The molecule has 1 amide bonds. The van der Waals surface area contributed by atoms with Crippen molar-refractivity contribution in [2.24, 2.45) is 5.92 Å². The van der Waals surface area contributed by atoms with Gasteiger partial charge in [-0.2, -0.15) is 0 Å². The Morgan fingerprint density at radius 1 is 1.38 bits per heavy atom. The Labute approximate surface area is 139 Å². The summed E-state index contributed by atoms with van der Waals surface area (Å²) in [5.74, 6) is 1.34. The van der Waals surface area contributed by atoms with E-state index in [0.29, 0.717) is 5.92 Å². The lowest BCUT2D eigenvalue weighted by molar-refractivity contribution is -0.0856. The minimum Gasteiger partial charge on any atom is -0.468 e. The third-order valence-electron chi connectivity index (χ3n) is 4.78. The molecule has 2 aromatic rings. The van der Waals surface area contributed by atoms with Gasteiger partial charge in [-0.1, -0.05) is 5.16 Å². The number of fused-ring (bicyclic) bond motifs is 1. The highest BCUT2D eigenvalue weighted by atomic mass is 16.5. The third kappa shape index (κ3) is 3.22. The van der Waals surface area contributed by atoms with Gasteiger partial charge in [0, 0.05) is 25.8 Å². The molecule has 24 heavy (non-hydrogen) atoms. The van der Waals surface area contributed by atoms with Gasteiger partial charge in [0.25, 0.3) is 5.91 Å². The molecule has 2 aliphatic heterocycles. The Kier molecular flexibility index (Phi) is 4.36. The van der Waals surface area contributed by atoms with Gasteiger partial charge < -0.3 is 19.0 Å². The summed E-state index contributed by atoms with van der Waals surface area (Å²) < 4.78 is 16.4. The van der Waals surface area contributed by atoms with Gasteiger partial charge in [0.05, 0.1) is 31.2 Å². The standard InChI is InChI=1S/C17H21N3O4/c21-17(15-5-6-18-24-15)19-14-11-20(10-13-4-2-7-22-13)9-12-3-1-8-23-16(12)14/h2,4-7,12,14,16H,1,3,8-11H2,(H,19,21)/t12-,14+,16-/m0/s1. The SMILES string of the molecule is O=C(N[C@@H]1CN(Cc2ccco2)C[C@@H]2CCCO[C@@H]21)c1ccno1. The van der Waals surface area contributed by atoms with E-state index in [9.17, 15) is 4.79 Å². The van der Waals surface area contributed by atoms with Crippen LogP contribution in [0.4, 0.5) is 0 Å². The molecule has 2 aromatic heterocycles. The number of piperidine rings is 1. The van der Waals surface area contributed by atoms with Crippen molar-refractivity contribution in [1.29, 1.82) is 0 Å². The van der Waals surface area contributed by atoms with Crippen LogP contribution in [-0.4, -0.2) is 47.8 Å². The molecule has 3 atom stereocenters. The molecule has 0 aromatic carbocycles. The van der Waals surface area contributed by atoms with E-state index in [1.165, 1.54) is 6.20 Å². The number of amides is 1. The van der Waals surface area contributed by atoms with Crippen LogP contribution in [0.1, 0.15) is 29.2 Å². The van der Waals surface area contributed by atoms with Crippen molar-refractivity contribution < 1.29 is 18.5 Å². The van der Waals surface area contributed by atoms with Crippen LogP contribution >= 0.6 is 0 Å². The Morgan fingerprint density at radius 2 is 2.33 bits per heavy atom. The smallest absolute Gasteiger partial charge is 0.290 e. The van der Waals surface area contributed by atoms with Crippen molar-refractivity contribution in [3.8, 4) is 0 Å². The van der Waals surface area contributed by atoms with E-state index in [4.69, 9.17) is 13.7 Å². The van der Waals surface area contributed by atoms with Gasteiger partial charge in [-0.3, -0.25) is 9.69 Å². The summed E-state index contributed by atoms with van der Waals surface area (Å²) in [6.45, 7) is 3.18. The normalized spacial score (nSPS) is 27.6. The predicted octanol–water partition coefficient (Wildman–Crippen LogP) is 1.68. The summed E-state index contributed by atoms with van der Waals surface area (Å²) in [6, 6.07) is 5.37. The van der Waals surface area contributed by atoms with Gasteiger partial charge >= 0.3 is 0 Å². The first-order valence-corrected chi connectivity index (χ1v) is 8.37. The largest absolute Gasteiger partial charge is 0.468 e. The minimum absolute atomic E-state index is 0.0541. The molecule has 0 aliphatic carbocycles. The molecule has 0 bridgehead atoms. The van der Waals surface area contributed by atoms with Crippen molar-refractivity contribution >= 4 is 5.91 Å². The number of furan rings is 1. The van der Waals surface area contributed by atoms with Crippen LogP contribution in [0.3, 0.4) is 0 Å². The number of nitrogens with one attached hydrogen (secondary N) is 1. The summed E-state index contributed by atoms with van der Waals surface area (Å²) in [5.41, 5.74) is 0. The Hall–Kier alpha value is -2.12. The van der Waals surface area contributed by atoms with Crippen LogP contribution < -0.4 is 5.32 Å². The maximum Gasteiger partial charge on any atom is 0.290 e. The number of carbonyl (C=O) groups is 1. The van der Waals surface area contributed by atoms with Crippen LogP contribution in [0, 0.1) is 5.92 Å². The van der Waals surface area contributed by atoms with E-state index in [1.54, 1.807) is 12.3 Å². The van der Waals surface area contributed by atoms with Crippen LogP contribution in [0.25, 0.3) is 0 Å². The fraction of sp³-hybridized carbons (Fsp3) is 0.529. The first-order chi connectivity index (χ1) is 11.8. The van der Waals surface area contributed by atoms with Crippen LogP contribution in [0.2, 0.25) is 0 Å². The molecule has 1 N–H and O–H groups in total. The highest BCUT2D eigenvalue weighted by molar-refractivity contribution is 5.91. The zero-order chi connectivity index (χ0) is 16.4. The average molecular weight is 331 g/mol. The second-order valence-corrected chi connectivity index (χ2v) is 6.47. The summed E-state index contributed by atoms with van der Waals surface area (Å²) in [5, 5.41) is 6.65. The second-order valence-electron chi connectivity index (χ2n) is 6.47. The van der Waals surface area contributed by atoms with Crippen molar-refractivity contribution in [2.75, 3.05) is 19.7 Å². The summed E-state index contributed by atoms with van der Waals surface area (Å²) in [6.07, 6.45) is 5.40. The van der Waals surface area contributed by atoms with Gasteiger partial charge in [-0.15, -0.1) is 0 Å². The first kappa shape index (κ1) is 15.4. The van der Waals surface area contributed by atoms with Gasteiger partial charge in [0.1, 0.15) is 5.76 Å². The number of ether oxygens (including phenoxy) is 1. The van der Waals surface area contributed by atoms with E-state index < -0.39 is 0 Å². The molecule has 2 saturated heterocycles. The van der Waals surface area contributed by atoms with Gasteiger partial charge in [0.15, 0.2) is 0 Å². The van der Waals surface area contributed by atoms with Crippen molar-refractivity contribution in [3.05, 3.63) is 42.2 Å². The summed E-state index contributed by atoms with van der Waals surface area (Å²) in [4.78, 5) is 14.7. The molecule has 4 heterocycles. The predicted molar refractivity (Wildman–Crippen MR) is 84.2 cm³/mol. The van der Waals surface area contributed by atoms with Crippen LogP contribution in [0.15, 0.2) is 39.6 Å². The van der Waals surface area contributed by atoms with E-state index in [2.05, 4.69) is 15.4 Å². The highest BCUT2D eigenvalue weighted by Crippen LogP contribution is 2.29. The molecule has 0 radical (unpaired) electrons. The molecule has 128 valence electrons. The topological polar surface area (TPSA) is 80.7 Å². The van der Waals surface area contributed by atoms with E-state index in [-0.39, 0.29) is 23.8 Å². The molecule has 4 rings (SSSR count). The third-order valence-corrected chi connectivity index (χ3v) is 4.78. The lowest BCUT2D eigenvalue weighted by atomic mass is 9.85. The molecule has 0 unspecified atom stereocenters. The molecular weight excluding hydrogens is 310 g/mol. The van der Waals surface area contributed by atoms with Gasteiger partial charge in [-0.05, 0) is 30.9 Å².